The summed E-state index contributed by atoms with van der Waals surface area (Å²) < 4.78 is 5.24. The molecule has 12 heteroatoms. The molecule has 0 saturated heterocycles. The summed E-state index contributed by atoms with van der Waals surface area (Å²) in [6.07, 6.45) is 0.247. The van der Waals surface area contributed by atoms with E-state index >= 15 is 0 Å². The minimum atomic E-state index is -2.71. The van der Waals surface area contributed by atoms with Gasteiger partial charge in [0.25, 0.3) is 5.91 Å². The summed E-state index contributed by atoms with van der Waals surface area (Å²) >= 11 is 0. The number of anilines is 1. The number of aryl methyl sites for hydroxylation is 1. The topological polar surface area (TPSA) is 191 Å². The van der Waals surface area contributed by atoms with Crippen molar-refractivity contribution >= 4 is 34.9 Å². The van der Waals surface area contributed by atoms with E-state index in [1.165, 1.54) is 4.90 Å². The monoisotopic (exact) mass is 585 g/mol. The van der Waals surface area contributed by atoms with Gasteiger partial charge in [0.2, 0.25) is 5.78 Å². The van der Waals surface area contributed by atoms with E-state index in [9.17, 15) is 39.6 Å². The van der Waals surface area contributed by atoms with Gasteiger partial charge in [-0.05, 0) is 62.4 Å². The van der Waals surface area contributed by atoms with Gasteiger partial charge >= 0.3 is 5.97 Å². The Balaban J connectivity index is 1.86. The molecule has 4 atom stereocenters. The fourth-order valence-electron chi connectivity index (χ4n) is 6.50. The smallest absolute Gasteiger partial charge is 0.306 e. The zero-order valence-corrected chi connectivity index (χ0v) is 24.7. The second-order valence-electron chi connectivity index (χ2n) is 12.2. The number of hydrogen-bond donors (Lipinski definition) is 5. The second-order valence-corrected chi connectivity index (χ2v) is 12.2. The highest BCUT2D eigenvalue weighted by molar-refractivity contribution is 6.24. The van der Waals surface area contributed by atoms with Crippen molar-refractivity contribution in [2.45, 2.75) is 51.2 Å². The number of benzene rings is 1. The van der Waals surface area contributed by atoms with Crippen LogP contribution in [0.1, 0.15) is 43.4 Å². The van der Waals surface area contributed by atoms with Crippen molar-refractivity contribution in [3.05, 3.63) is 39.7 Å². The van der Waals surface area contributed by atoms with Gasteiger partial charge < -0.3 is 35.8 Å². The van der Waals surface area contributed by atoms with Gasteiger partial charge in [-0.15, -0.1) is 0 Å². The van der Waals surface area contributed by atoms with Crippen LogP contribution in [0, 0.1) is 17.8 Å². The summed E-state index contributed by atoms with van der Waals surface area (Å²) in [5.74, 6) is -7.30. The van der Waals surface area contributed by atoms with Crippen molar-refractivity contribution in [3.63, 3.8) is 0 Å². The predicted octanol–water partition coefficient (Wildman–Crippen LogP) is 1.16. The van der Waals surface area contributed by atoms with Crippen molar-refractivity contribution in [1.29, 1.82) is 0 Å². The summed E-state index contributed by atoms with van der Waals surface area (Å²) in [5.41, 5.74) is 3.11. The normalized spacial score (nSPS) is 25.4. The van der Waals surface area contributed by atoms with Crippen LogP contribution in [0.15, 0.2) is 23.0 Å². The van der Waals surface area contributed by atoms with Gasteiger partial charge in [0, 0.05) is 37.7 Å². The number of Topliss-reactive ketones (excluding diaryl/α,β-unsaturated/α-hetero) is 2. The maximum Gasteiger partial charge on any atom is 0.306 e. The number of phenols is 1. The van der Waals surface area contributed by atoms with Crippen LogP contribution in [0.2, 0.25) is 0 Å². The molecular weight excluding hydrogens is 546 g/mol. The number of aliphatic hydroxyl groups excluding tert-OH is 2. The standard InChI is InChI=1S/C30H39N3O9/c1-13(2)12-42-19(34)8-7-14-11-18(32(3)4)16-9-15-10-17-23(33(5)6)26(37)22(29(31)40)28(39)30(17,41)27(38)20(15)25(36)21(16)24(14)35/h11,13,15,17,23,35-36,39,41H,7-10,12H2,1-6H3,(H2,31,40)/t15-,17-,23-,30-/m0/s1. The number of carbonyl (C=O) groups excluding carboxylic acids is 4. The molecule has 0 spiro atoms. The number of fused-ring (bicyclic) bond motifs is 3. The number of ketones is 2. The third kappa shape index (κ3) is 4.82. The number of amides is 1. The molecule has 6 N–H and O–H groups in total. The highest BCUT2D eigenvalue weighted by Crippen LogP contribution is 2.54. The Morgan fingerprint density at radius 2 is 1.79 bits per heavy atom. The molecule has 42 heavy (non-hydrogen) atoms. The first-order valence-corrected chi connectivity index (χ1v) is 13.9. The number of hydrogen-bond acceptors (Lipinski definition) is 11. The van der Waals surface area contributed by atoms with Crippen LogP contribution in [0.25, 0.3) is 5.76 Å². The lowest BCUT2D eigenvalue weighted by atomic mass is 9.57. The lowest BCUT2D eigenvalue weighted by molar-refractivity contribution is -0.153. The number of aromatic hydroxyl groups is 1. The Hall–Kier alpha value is -3.90. The van der Waals surface area contributed by atoms with Crippen LogP contribution >= 0.6 is 0 Å². The van der Waals surface area contributed by atoms with Gasteiger partial charge in [0.05, 0.1) is 18.2 Å². The Bertz CT molecular complexity index is 1430. The molecule has 1 aromatic carbocycles. The van der Waals surface area contributed by atoms with E-state index in [2.05, 4.69) is 0 Å². The summed E-state index contributed by atoms with van der Waals surface area (Å²) in [4.78, 5) is 55.0. The number of esters is 1. The lowest BCUT2D eigenvalue weighted by Gasteiger charge is -2.50. The minimum absolute atomic E-state index is 0.00281. The van der Waals surface area contributed by atoms with Crippen LogP contribution in [-0.2, 0) is 36.8 Å². The van der Waals surface area contributed by atoms with Crippen LogP contribution in [0.4, 0.5) is 5.69 Å². The number of aliphatic hydroxyl groups is 3. The summed E-state index contributed by atoms with van der Waals surface area (Å²) in [7, 11) is 6.67. The maximum absolute atomic E-state index is 14.0. The minimum Gasteiger partial charge on any atom is -0.508 e. The molecule has 0 heterocycles. The SMILES string of the molecule is CC(C)COC(=O)CCc1cc(N(C)C)c2c(c1O)C(O)=C1C(=O)[C@]3(O)C(O)=C(C(N)=O)C(=O)[C@@H](N(C)C)[C@@H]3C[C@@H]1C2. The first kappa shape index (κ1) is 31.0. The average Bonchev–Trinajstić information content (AvgIpc) is 2.88. The summed E-state index contributed by atoms with van der Waals surface area (Å²) in [5, 5.41) is 45.7. The molecule has 0 aliphatic heterocycles. The van der Waals surface area contributed by atoms with Crippen LogP contribution in [0.5, 0.6) is 5.75 Å². The zero-order chi connectivity index (χ0) is 31.4. The molecule has 3 aliphatic rings. The molecule has 1 saturated carbocycles. The predicted molar refractivity (Wildman–Crippen MR) is 153 cm³/mol. The Morgan fingerprint density at radius 1 is 1.14 bits per heavy atom. The molecule has 0 aromatic heterocycles. The van der Waals surface area contributed by atoms with Crippen molar-refractivity contribution in [1.82, 2.24) is 4.90 Å². The molecule has 1 fully saturated rings. The number of primary amides is 1. The highest BCUT2D eigenvalue weighted by Gasteiger charge is 2.64. The van der Waals surface area contributed by atoms with Gasteiger partial charge in [0.15, 0.2) is 11.4 Å². The fraction of sp³-hybridized carbons (Fsp3) is 0.533. The largest absolute Gasteiger partial charge is 0.508 e. The van der Waals surface area contributed by atoms with E-state index in [4.69, 9.17) is 10.5 Å². The first-order chi connectivity index (χ1) is 19.5. The van der Waals surface area contributed by atoms with E-state index in [1.807, 2.05) is 13.8 Å². The molecule has 0 bridgehead atoms. The zero-order valence-electron chi connectivity index (χ0n) is 24.7. The molecular formula is C30H39N3O9. The van der Waals surface area contributed by atoms with Gasteiger partial charge in [-0.3, -0.25) is 24.1 Å². The van der Waals surface area contributed by atoms with E-state index in [0.29, 0.717) is 16.8 Å². The van der Waals surface area contributed by atoms with E-state index in [1.54, 1.807) is 39.2 Å². The lowest BCUT2D eigenvalue weighted by Crippen LogP contribution is -2.65. The Labute approximate surface area is 244 Å². The summed E-state index contributed by atoms with van der Waals surface area (Å²) in [6.45, 7) is 4.09. The average molecular weight is 586 g/mol. The van der Waals surface area contributed by atoms with E-state index < -0.39 is 64.0 Å². The van der Waals surface area contributed by atoms with E-state index in [0.717, 1.165) is 0 Å². The van der Waals surface area contributed by atoms with Crippen LogP contribution in [0.3, 0.4) is 0 Å². The number of carbonyl (C=O) groups is 4. The van der Waals surface area contributed by atoms with Gasteiger partial charge in [-0.1, -0.05) is 13.8 Å². The molecule has 0 unspecified atom stereocenters. The van der Waals surface area contributed by atoms with Crippen molar-refractivity contribution < 1.29 is 44.3 Å². The quantitative estimate of drug-likeness (QED) is 0.217. The number of likely N-dealkylation sites (N-methyl/N-ethyl adjacent to an activating group) is 1. The molecule has 1 aromatic rings. The second kappa shape index (κ2) is 11.1. The molecule has 0 radical (unpaired) electrons. The van der Waals surface area contributed by atoms with Gasteiger partial charge in [-0.2, -0.15) is 0 Å². The maximum atomic E-state index is 14.0. The third-order valence-electron chi connectivity index (χ3n) is 8.43. The van der Waals surface area contributed by atoms with Crippen LogP contribution < -0.4 is 10.6 Å². The fourth-order valence-corrected chi connectivity index (χ4v) is 6.50. The molecule has 12 nitrogen and oxygen atoms in total. The van der Waals surface area contributed by atoms with Crippen molar-refractivity contribution in [2.75, 3.05) is 39.7 Å². The number of ether oxygens (including phenoxy) is 1. The number of nitrogens with zero attached hydrogens (tertiary/aromatic N) is 2. The van der Waals surface area contributed by atoms with E-state index in [-0.39, 0.29) is 55.1 Å². The Kier molecular flexibility index (Phi) is 8.18. The number of rotatable bonds is 8. The number of nitrogens with two attached hydrogens (primary N) is 1. The molecule has 228 valence electrons. The Morgan fingerprint density at radius 3 is 2.33 bits per heavy atom. The van der Waals surface area contributed by atoms with Crippen LogP contribution in [-0.4, -0.2) is 95.2 Å². The molecule has 4 rings (SSSR count). The molecule has 1 amide bonds. The third-order valence-corrected chi connectivity index (χ3v) is 8.43. The van der Waals surface area contributed by atoms with Gasteiger partial charge in [-0.25, -0.2) is 0 Å². The highest BCUT2D eigenvalue weighted by atomic mass is 16.5. The van der Waals surface area contributed by atoms with Gasteiger partial charge in [0.1, 0.15) is 22.8 Å². The molecule has 3 aliphatic carbocycles. The first-order valence-electron chi connectivity index (χ1n) is 13.9. The number of phenolic OH excluding ortho intramolecular Hbond substituents is 1. The van der Waals surface area contributed by atoms with Crippen molar-refractivity contribution in [3.8, 4) is 5.75 Å². The van der Waals surface area contributed by atoms with Crippen molar-refractivity contribution in [2.24, 2.45) is 23.5 Å². The summed E-state index contributed by atoms with van der Waals surface area (Å²) in [6, 6.07) is 0.575.